The quantitative estimate of drug-likeness (QED) is 0.109. The average molecular weight is 563 g/mol. The van der Waals surface area contributed by atoms with E-state index in [1.54, 1.807) is 66.7 Å². The first kappa shape index (κ1) is 25.9. The van der Waals surface area contributed by atoms with E-state index in [0.717, 1.165) is 17.1 Å². The monoisotopic (exact) mass is 562 g/mol. The Morgan fingerprint density at radius 3 is 1.37 bits per heavy atom. The molecule has 0 aromatic heterocycles. The van der Waals surface area contributed by atoms with Crippen LogP contribution in [0.2, 0.25) is 0 Å². The lowest BCUT2D eigenvalue weighted by Gasteiger charge is -2.19. The van der Waals surface area contributed by atoms with Crippen molar-refractivity contribution < 1.29 is 24.3 Å². The normalized spacial score (nSPS) is 11.3. The standard InChI is InChI=1S/C36H22N2O5/c39-19-20-11-12-23-26-15-18-29(36(42)43)33-28(35(41)38-22-9-5-2-6-10-22)17-14-25(32(26)33)24-13-16-27(30(20)31(23)24)34(40)37-21-7-3-1-4-8-21/h1-19H,(H,37,40)(H,38,41)(H,42,43). The van der Waals surface area contributed by atoms with Crippen LogP contribution in [0.3, 0.4) is 0 Å². The molecule has 0 saturated heterocycles. The fraction of sp³-hybridized carbons (Fsp3) is 0. The summed E-state index contributed by atoms with van der Waals surface area (Å²) in [5, 5.41) is 21.0. The molecule has 0 unspecified atom stereocenters. The number of amides is 2. The zero-order chi connectivity index (χ0) is 29.7. The molecule has 206 valence electrons. The summed E-state index contributed by atoms with van der Waals surface area (Å²) in [7, 11) is 0. The summed E-state index contributed by atoms with van der Waals surface area (Å²) < 4.78 is 0. The molecule has 0 aliphatic rings. The molecule has 0 radical (unpaired) electrons. The van der Waals surface area contributed by atoms with Crippen LogP contribution in [0.1, 0.15) is 41.4 Å². The van der Waals surface area contributed by atoms with Crippen molar-refractivity contribution in [1.82, 2.24) is 0 Å². The molecule has 3 N–H and O–H groups in total. The molecule has 0 heterocycles. The summed E-state index contributed by atoms with van der Waals surface area (Å²) >= 11 is 0. The van der Waals surface area contributed by atoms with Gasteiger partial charge in [0.1, 0.15) is 0 Å². The fourth-order valence-electron chi connectivity index (χ4n) is 6.01. The number of carboxylic acid groups (broad SMARTS) is 1. The number of carbonyl (C=O) groups is 4. The minimum absolute atomic E-state index is 0.00174. The van der Waals surface area contributed by atoms with E-state index in [1.165, 1.54) is 6.07 Å². The van der Waals surface area contributed by atoms with Crippen LogP contribution in [0.25, 0.3) is 43.1 Å². The number of aldehydes is 1. The molecule has 43 heavy (non-hydrogen) atoms. The van der Waals surface area contributed by atoms with Gasteiger partial charge in [-0.15, -0.1) is 0 Å². The van der Waals surface area contributed by atoms with Gasteiger partial charge in [0.15, 0.2) is 6.29 Å². The van der Waals surface area contributed by atoms with Gasteiger partial charge in [0.25, 0.3) is 11.8 Å². The predicted molar refractivity (Wildman–Crippen MR) is 169 cm³/mol. The Kier molecular flexibility index (Phi) is 6.06. The van der Waals surface area contributed by atoms with Gasteiger partial charge < -0.3 is 15.7 Å². The van der Waals surface area contributed by atoms with Crippen LogP contribution in [0, 0.1) is 0 Å². The maximum absolute atomic E-state index is 13.5. The first-order chi connectivity index (χ1) is 21.0. The number of rotatable bonds is 6. The highest BCUT2D eigenvalue weighted by Gasteiger charge is 2.24. The molecule has 7 aromatic carbocycles. The van der Waals surface area contributed by atoms with E-state index in [-0.39, 0.29) is 17.0 Å². The lowest BCUT2D eigenvalue weighted by molar-refractivity contribution is 0.0698. The van der Waals surface area contributed by atoms with E-state index in [2.05, 4.69) is 10.6 Å². The number of hydrogen-bond donors (Lipinski definition) is 3. The number of benzene rings is 7. The molecular weight excluding hydrogens is 540 g/mol. The van der Waals surface area contributed by atoms with Crippen molar-refractivity contribution in [3.8, 4) is 0 Å². The third-order valence-electron chi connectivity index (χ3n) is 7.84. The number of para-hydroxylation sites is 2. The van der Waals surface area contributed by atoms with E-state index >= 15 is 0 Å². The van der Waals surface area contributed by atoms with E-state index in [0.29, 0.717) is 54.8 Å². The molecule has 0 atom stereocenters. The van der Waals surface area contributed by atoms with Gasteiger partial charge >= 0.3 is 5.97 Å². The predicted octanol–water partition coefficient (Wildman–Crippen LogP) is 7.75. The minimum atomic E-state index is -1.15. The average Bonchev–Trinajstić information content (AvgIpc) is 3.03. The van der Waals surface area contributed by atoms with Gasteiger partial charge in [0.05, 0.1) is 5.56 Å². The summed E-state index contributed by atoms with van der Waals surface area (Å²) in [6.45, 7) is 0. The van der Waals surface area contributed by atoms with Gasteiger partial charge in [-0.2, -0.15) is 0 Å². The number of anilines is 2. The van der Waals surface area contributed by atoms with Crippen molar-refractivity contribution in [2.75, 3.05) is 10.6 Å². The highest BCUT2D eigenvalue weighted by molar-refractivity contribution is 6.38. The zero-order valence-corrected chi connectivity index (χ0v) is 22.5. The van der Waals surface area contributed by atoms with Gasteiger partial charge in [0.2, 0.25) is 0 Å². The molecule has 0 saturated carbocycles. The third kappa shape index (κ3) is 4.14. The summed E-state index contributed by atoms with van der Waals surface area (Å²) in [5.41, 5.74) is 2.14. The molecule has 7 rings (SSSR count). The molecule has 7 heteroatoms. The Balaban J connectivity index is 1.53. The van der Waals surface area contributed by atoms with Crippen LogP contribution >= 0.6 is 0 Å². The Morgan fingerprint density at radius 1 is 0.488 bits per heavy atom. The van der Waals surface area contributed by atoms with Crippen molar-refractivity contribution >= 4 is 78.5 Å². The van der Waals surface area contributed by atoms with E-state index in [9.17, 15) is 24.3 Å². The van der Waals surface area contributed by atoms with Crippen LogP contribution in [-0.4, -0.2) is 29.2 Å². The second kappa shape index (κ2) is 10.1. The molecule has 0 fully saturated rings. The van der Waals surface area contributed by atoms with Crippen molar-refractivity contribution in [2.45, 2.75) is 0 Å². The SMILES string of the molecule is O=Cc1ccc2c3ccc(C(=O)O)c4c(C(=O)Nc5ccccc5)ccc(c5ccc(C(=O)Nc6ccccc6)c1c25)c43. The maximum atomic E-state index is 13.5. The highest BCUT2D eigenvalue weighted by atomic mass is 16.4. The van der Waals surface area contributed by atoms with Crippen LogP contribution in [0.4, 0.5) is 11.4 Å². The lowest BCUT2D eigenvalue weighted by atomic mass is 9.84. The van der Waals surface area contributed by atoms with Gasteiger partial charge in [-0.05, 0) is 74.8 Å². The van der Waals surface area contributed by atoms with E-state index in [1.807, 2.05) is 36.4 Å². The Labute approximate surface area is 244 Å². The molecule has 0 aliphatic heterocycles. The Bertz CT molecular complexity index is 2240. The molecule has 7 aromatic rings. The number of carbonyl (C=O) groups excluding carboxylic acids is 3. The van der Waals surface area contributed by atoms with Crippen molar-refractivity contribution in [3.63, 3.8) is 0 Å². The van der Waals surface area contributed by atoms with Crippen molar-refractivity contribution in [3.05, 3.63) is 131 Å². The molecule has 2 amide bonds. The fourth-order valence-corrected chi connectivity index (χ4v) is 6.01. The lowest BCUT2D eigenvalue weighted by Crippen LogP contribution is -2.14. The second-order valence-corrected chi connectivity index (χ2v) is 10.2. The van der Waals surface area contributed by atoms with E-state index < -0.39 is 11.9 Å². The Morgan fingerprint density at radius 2 is 0.907 bits per heavy atom. The number of hydrogen-bond acceptors (Lipinski definition) is 4. The van der Waals surface area contributed by atoms with Crippen molar-refractivity contribution in [1.29, 1.82) is 0 Å². The van der Waals surface area contributed by atoms with Crippen LogP contribution in [0.5, 0.6) is 0 Å². The number of fused-ring (bicyclic) bond motifs is 2. The van der Waals surface area contributed by atoms with Gasteiger partial charge in [-0.25, -0.2) is 4.79 Å². The molecule has 0 aliphatic carbocycles. The van der Waals surface area contributed by atoms with Gasteiger partial charge in [-0.3, -0.25) is 14.4 Å². The molecule has 0 spiro atoms. The third-order valence-corrected chi connectivity index (χ3v) is 7.84. The van der Waals surface area contributed by atoms with Crippen molar-refractivity contribution in [2.24, 2.45) is 0 Å². The van der Waals surface area contributed by atoms with Crippen LogP contribution in [0.15, 0.2) is 109 Å². The topological polar surface area (TPSA) is 113 Å². The number of nitrogens with one attached hydrogen (secondary N) is 2. The first-order valence-electron chi connectivity index (χ1n) is 13.6. The first-order valence-corrected chi connectivity index (χ1v) is 13.6. The highest BCUT2D eigenvalue weighted by Crippen LogP contribution is 2.44. The minimum Gasteiger partial charge on any atom is -0.478 e. The largest absolute Gasteiger partial charge is 0.478 e. The second-order valence-electron chi connectivity index (χ2n) is 10.2. The smallest absolute Gasteiger partial charge is 0.336 e. The summed E-state index contributed by atoms with van der Waals surface area (Å²) in [6, 6.07) is 31.6. The maximum Gasteiger partial charge on any atom is 0.336 e. The number of aromatic carboxylic acids is 1. The Hall–Kier alpha value is -6.08. The number of carboxylic acids is 1. The summed E-state index contributed by atoms with van der Waals surface area (Å²) in [5.74, 6) is -1.95. The zero-order valence-electron chi connectivity index (χ0n) is 22.5. The van der Waals surface area contributed by atoms with Gasteiger partial charge in [0, 0.05) is 38.8 Å². The van der Waals surface area contributed by atoms with E-state index in [4.69, 9.17) is 0 Å². The molecular formula is C36H22N2O5. The molecule has 7 nitrogen and oxygen atoms in total. The van der Waals surface area contributed by atoms with Crippen LogP contribution < -0.4 is 10.6 Å². The molecule has 0 bridgehead atoms. The summed E-state index contributed by atoms with van der Waals surface area (Å²) in [4.78, 5) is 51.8. The van der Waals surface area contributed by atoms with Gasteiger partial charge in [-0.1, -0.05) is 66.7 Å². The van der Waals surface area contributed by atoms with Crippen LogP contribution in [-0.2, 0) is 0 Å². The summed E-state index contributed by atoms with van der Waals surface area (Å²) in [6.07, 6.45) is 0.734.